The van der Waals surface area contributed by atoms with E-state index in [1.165, 1.54) is 0 Å². The molecule has 3 rings (SSSR count). The summed E-state index contributed by atoms with van der Waals surface area (Å²) in [6.45, 7) is 2.62. The van der Waals surface area contributed by atoms with Gasteiger partial charge in [-0.05, 0) is 37.6 Å². The minimum absolute atomic E-state index is 0.0658. The maximum absolute atomic E-state index is 12.4. The first-order chi connectivity index (χ1) is 12.9. The highest BCUT2D eigenvalue weighted by Gasteiger charge is 2.32. The molecule has 0 aliphatic carbocycles. The Bertz CT molecular complexity index is 981. The van der Waals surface area contributed by atoms with Gasteiger partial charge in [0.15, 0.2) is 9.84 Å². The number of benzene rings is 1. The smallest absolute Gasteiger partial charge is 0.274 e. The Hall–Kier alpha value is -2.92. The maximum Gasteiger partial charge on any atom is 0.274 e. The lowest BCUT2D eigenvalue weighted by molar-refractivity contribution is 0.102. The molecule has 0 spiro atoms. The Kier molecular flexibility index (Phi) is 5.42. The highest BCUT2D eigenvalue weighted by atomic mass is 32.2. The normalized spacial score (nSPS) is 17.9. The number of carbonyl (C=O) groups is 1. The first-order valence-electron chi connectivity index (χ1n) is 8.67. The highest BCUT2D eigenvalue weighted by Crippen LogP contribution is 2.24. The van der Waals surface area contributed by atoms with Crippen molar-refractivity contribution in [2.24, 2.45) is 0 Å². The lowest BCUT2D eigenvalue weighted by Gasteiger charge is -2.28. The van der Waals surface area contributed by atoms with Crippen molar-refractivity contribution in [2.75, 3.05) is 28.3 Å². The first-order valence-corrected chi connectivity index (χ1v) is 10.5. The van der Waals surface area contributed by atoms with Crippen LogP contribution in [-0.4, -0.2) is 43.4 Å². The number of hydrogen-bond acceptors (Lipinski definition) is 6. The van der Waals surface area contributed by atoms with Gasteiger partial charge in [0.05, 0.1) is 34.6 Å². The van der Waals surface area contributed by atoms with Crippen LogP contribution in [0.2, 0.25) is 0 Å². The second-order valence-corrected chi connectivity index (χ2v) is 8.58. The predicted molar refractivity (Wildman–Crippen MR) is 103 cm³/mol. The van der Waals surface area contributed by atoms with E-state index in [4.69, 9.17) is 5.26 Å². The lowest BCUT2D eigenvalue weighted by Crippen LogP contribution is -2.36. The average Bonchev–Trinajstić information content (AvgIpc) is 3.03. The van der Waals surface area contributed by atoms with Crippen LogP contribution in [0, 0.1) is 11.3 Å². The number of nitrogens with one attached hydrogen (secondary N) is 1. The van der Waals surface area contributed by atoms with Gasteiger partial charge in [0.2, 0.25) is 0 Å². The van der Waals surface area contributed by atoms with Crippen molar-refractivity contribution in [3.8, 4) is 6.07 Å². The zero-order valence-corrected chi connectivity index (χ0v) is 15.7. The third kappa shape index (κ3) is 4.26. The van der Waals surface area contributed by atoms with Crippen LogP contribution in [-0.2, 0) is 9.84 Å². The number of carbonyl (C=O) groups excluding carboxylic acids is 1. The molecule has 2 aromatic rings. The molecule has 7 nitrogen and oxygen atoms in total. The summed E-state index contributed by atoms with van der Waals surface area (Å²) in [5.74, 6) is -0.0512. The number of rotatable bonds is 5. The fraction of sp³-hybridized carbons (Fsp3) is 0.316. The Morgan fingerprint density at radius 3 is 2.70 bits per heavy atom. The minimum Gasteiger partial charge on any atom is -0.367 e. The van der Waals surface area contributed by atoms with Crippen LogP contribution in [0.25, 0.3) is 0 Å². The topological polar surface area (TPSA) is 103 Å². The summed E-state index contributed by atoms with van der Waals surface area (Å²) in [7, 11) is -2.97. The zero-order chi connectivity index (χ0) is 19.4. The van der Waals surface area contributed by atoms with Crippen LogP contribution < -0.4 is 10.2 Å². The highest BCUT2D eigenvalue weighted by molar-refractivity contribution is 7.91. The van der Waals surface area contributed by atoms with Gasteiger partial charge >= 0.3 is 0 Å². The van der Waals surface area contributed by atoms with E-state index in [-0.39, 0.29) is 23.2 Å². The summed E-state index contributed by atoms with van der Waals surface area (Å²) in [6.07, 6.45) is 2.18. The molecule has 8 heteroatoms. The van der Waals surface area contributed by atoms with Crippen molar-refractivity contribution in [3.05, 3.63) is 53.9 Å². The van der Waals surface area contributed by atoms with Gasteiger partial charge in [0.1, 0.15) is 11.8 Å². The maximum atomic E-state index is 12.4. The molecule has 1 aromatic heterocycles. The van der Waals surface area contributed by atoms with Gasteiger partial charge in [0.25, 0.3) is 5.91 Å². The van der Waals surface area contributed by atoms with E-state index in [9.17, 15) is 13.2 Å². The number of anilines is 2. The van der Waals surface area contributed by atoms with Crippen LogP contribution in [0.1, 0.15) is 29.4 Å². The SMILES string of the molecule is CCN(c1ccc(C(=O)Nc2ccccc2C#N)nc1)C1CCS(=O)(=O)C1. The molecule has 1 atom stereocenters. The molecular formula is C19H20N4O3S. The molecule has 0 bridgehead atoms. The van der Waals surface area contributed by atoms with Gasteiger partial charge in [-0.1, -0.05) is 12.1 Å². The van der Waals surface area contributed by atoms with Crippen molar-refractivity contribution in [2.45, 2.75) is 19.4 Å². The molecular weight excluding hydrogens is 364 g/mol. The van der Waals surface area contributed by atoms with Crippen molar-refractivity contribution in [1.82, 2.24) is 4.98 Å². The number of nitrogens with zero attached hydrogens (tertiary/aromatic N) is 3. The third-order valence-corrected chi connectivity index (χ3v) is 6.35. The number of pyridine rings is 1. The number of amides is 1. The molecule has 2 heterocycles. The van der Waals surface area contributed by atoms with Crippen LogP contribution in [0.4, 0.5) is 11.4 Å². The Balaban J connectivity index is 1.74. The van der Waals surface area contributed by atoms with E-state index in [0.29, 0.717) is 24.2 Å². The van der Waals surface area contributed by atoms with Gasteiger partial charge in [-0.15, -0.1) is 0 Å². The van der Waals surface area contributed by atoms with Crippen LogP contribution in [0.15, 0.2) is 42.6 Å². The van der Waals surface area contributed by atoms with E-state index >= 15 is 0 Å². The van der Waals surface area contributed by atoms with Crippen molar-refractivity contribution < 1.29 is 13.2 Å². The summed E-state index contributed by atoms with van der Waals surface area (Å²) in [5.41, 5.74) is 1.82. The monoisotopic (exact) mass is 384 g/mol. The molecule has 1 aliphatic rings. The van der Waals surface area contributed by atoms with Crippen LogP contribution in [0.3, 0.4) is 0 Å². The molecule has 1 aromatic carbocycles. The molecule has 0 radical (unpaired) electrons. The number of sulfone groups is 1. The average molecular weight is 384 g/mol. The quantitative estimate of drug-likeness (QED) is 0.848. The fourth-order valence-electron chi connectivity index (χ4n) is 3.24. The second kappa shape index (κ2) is 7.76. The van der Waals surface area contributed by atoms with E-state index in [2.05, 4.69) is 10.3 Å². The van der Waals surface area contributed by atoms with Crippen molar-refractivity contribution in [3.63, 3.8) is 0 Å². The van der Waals surface area contributed by atoms with E-state index in [1.807, 2.05) is 17.9 Å². The lowest BCUT2D eigenvalue weighted by atomic mass is 10.2. The minimum atomic E-state index is -2.97. The molecule has 1 fully saturated rings. The molecule has 140 valence electrons. The van der Waals surface area contributed by atoms with Crippen molar-refractivity contribution >= 4 is 27.1 Å². The summed E-state index contributed by atoms with van der Waals surface area (Å²) in [5, 5.41) is 11.8. The zero-order valence-electron chi connectivity index (χ0n) is 14.9. The van der Waals surface area contributed by atoms with E-state index in [1.54, 1.807) is 42.6 Å². The summed E-state index contributed by atoms with van der Waals surface area (Å²) in [4.78, 5) is 18.6. The first kappa shape index (κ1) is 18.9. The predicted octanol–water partition coefficient (Wildman–Crippen LogP) is 2.22. The van der Waals surface area contributed by atoms with Gasteiger partial charge in [-0.2, -0.15) is 5.26 Å². The van der Waals surface area contributed by atoms with Gasteiger partial charge in [-0.3, -0.25) is 4.79 Å². The molecule has 1 amide bonds. The van der Waals surface area contributed by atoms with E-state index in [0.717, 1.165) is 5.69 Å². The summed E-state index contributed by atoms with van der Waals surface area (Å²) >= 11 is 0. The standard InChI is InChI=1S/C19H20N4O3S/c1-2-23(16-9-10-27(25,26)13-16)15-7-8-18(21-12-15)19(24)22-17-6-4-3-5-14(17)11-20/h3-8,12,16H,2,9-10,13H2,1H3,(H,22,24). The van der Waals surface area contributed by atoms with E-state index < -0.39 is 15.7 Å². The molecule has 27 heavy (non-hydrogen) atoms. The second-order valence-electron chi connectivity index (χ2n) is 6.36. The van der Waals surface area contributed by atoms with Crippen LogP contribution >= 0.6 is 0 Å². The molecule has 0 saturated carbocycles. The molecule has 1 unspecified atom stereocenters. The van der Waals surface area contributed by atoms with Gasteiger partial charge in [-0.25, -0.2) is 13.4 Å². The largest absolute Gasteiger partial charge is 0.367 e. The Morgan fingerprint density at radius 2 is 2.11 bits per heavy atom. The van der Waals surface area contributed by atoms with Crippen LogP contribution in [0.5, 0.6) is 0 Å². The third-order valence-electron chi connectivity index (χ3n) is 4.60. The fourth-order valence-corrected chi connectivity index (χ4v) is 4.97. The number of para-hydroxylation sites is 1. The molecule has 1 saturated heterocycles. The van der Waals surface area contributed by atoms with Crippen molar-refractivity contribution in [1.29, 1.82) is 5.26 Å². The Labute approximate surface area is 158 Å². The molecule has 1 N–H and O–H groups in total. The van der Waals surface area contributed by atoms with Gasteiger partial charge < -0.3 is 10.2 Å². The number of aromatic nitrogens is 1. The van der Waals surface area contributed by atoms with Gasteiger partial charge in [0, 0.05) is 12.6 Å². The number of hydrogen-bond donors (Lipinski definition) is 1. The Morgan fingerprint density at radius 1 is 1.33 bits per heavy atom. The number of nitriles is 1. The molecule has 1 aliphatic heterocycles. The summed E-state index contributed by atoms with van der Waals surface area (Å²) in [6, 6.07) is 12.1. The summed E-state index contributed by atoms with van der Waals surface area (Å²) < 4.78 is 23.5.